The van der Waals surface area contributed by atoms with Crippen molar-refractivity contribution in [3.8, 4) is 0 Å². The zero-order valence-corrected chi connectivity index (χ0v) is 4.76. The molecule has 5 heteroatoms. The van der Waals surface area contributed by atoms with Crippen molar-refractivity contribution in [1.82, 2.24) is 0 Å². The average molecular weight is 129 g/mol. The van der Waals surface area contributed by atoms with Crippen LogP contribution in [0.3, 0.4) is 0 Å². The smallest absolute Gasteiger partial charge is 0.0428 e. The summed E-state index contributed by atoms with van der Waals surface area (Å²) in [6.45, 7) is 0. The number of rotatable bonds is 1. The van der Waals surface area contributed by atoms with E-state index in [1.807, 2.05) is 0 Å². The summed E-state index contributed by atoms with van der Waals surface area (Å²) in [4.78, 5) is 0. The van der Waals surface area contributed by atoms with Gasteiger partial charge >= 0.3 is 0 Å². The van der Waals surface area contributed by atoms with E-state index in [1.54, 1.807) is 0 Å². The van der Waals surface area contributed by atoms with Crippen molar-refractivity contribution in [2.45, 2.75) is 0 Å². The highest BCUT2D eigenvalue weighted by Gasteiger charge is 1.77. The normalized spacial score (nSPS) is 13.7. The molecule has 0 rings (SSSR count). The van der Waals surface area contributed by atoms with E-state index in [4.69, 9.17) is 0 Å². The lowest BCUT2D eigenvalue weighted by molar-refractivity contribution is 0.613. The van der Waals surface area contributed by atoms with Crippen LogP contribution in [0.5, 0.6) is 0 Å². The lowest BCUT2D eigenvalue weighted by Crippen LogP contribution is -1.78. The van der Waals surface area contributed by atoms with Crippen molar-refractivity contribution >= 4 is 17.6 Å². The van der Waals surface area contributed by atoms with Crippen molar-refractivity contribution < 1.29 is 12.6 Å². The number of hydrogen-bond donors (Lipinski definition) is 0. The van der Waals surface area contributed by atoms with Gasteiger partial charge in [0.25, 0.3) is 0 Å². The minimum atomic E-state index is -3.36. The van der Waals surface area contributed by atoms with Crippen LogP contribution in [0.15, 0.2) is 0 Å². The van der Waals surface area contributed by atoms with Crippen LogP contribution in [-0.4, -0.2) is 14.7 Å². The van der Waals surface area contributed by atoms with Gasteiger partial charge in [-0.05, 0) is 0 Å². The molecular weight excluding hydrogens is 126 g/mol. The molecule has 0 bridgehead atoms. The Kier molecular flexibility index (Phi) is 1.94. The first kappa shape index (κ1) is 6.31. The fourth-order valence-corrected chi connectivity index (χ4v) is 0. The van der Waals surface area contributed by atoms with Gasteiger partial charge in [-0.2, -0.15) is 8.09 Å². The van der Waals surface area contributed by atoms with E-state index >= 15 is 0 Å². The van der Waals surface area contributed by atoms with Crippen LogP contribution < -0.4 is 0 Å². The highest BCUT2D eigenvalue weighted by atomic mass is 32.8. The van der Waals surface area contributed by atoms with Gasteiger partial charge < -0.3 is 4.20 Å². The molecule has 2 nitrogen and oxygen atoms in total. The predicted octanol–water partition coefficient (Wildman–Crippen LogP) is 0.777. The van der Waals surface area contributed by atoms with E-state index in [1.165, 1.54) is 0 Å². The SMILES string of the molecule is CS(=O)(=O)[P-]F. The first-order valence-corrected chi connectivity index (χ1v) is 4.38. The third kappa shape index (κ3) is 4.31. The molecule has 38 valence electrons. The molecule has 0 aromatic carbocycles. The van der Waals surface area contributed by atoms with E-state index < -0.39 is 17.6 Å². The second kappa shape index (κ2) is 1.85. The maximum absolute atomic E-state index is 10.9. The number of halogens is 1. The van der Waals surface area contributed by atoms with Crippen molar-refractivity contribution in [3.63, 3.8) is 0 Å². The number of hydrogen-bond acceptors (Lipinski definition) is 2. The van der Waals surface area contributed by atoms with Gasteiger partial charge in [0, 0.05) is 15.7 Å². The van der Waals surface area contributed by atoms with E-state index in [-0.39, 0.29) is 0 Å². The van der Waals surface area contributed by atoms with E-state index in [0.29, 0.717) is 0 Å². The van der Waals surface area contributed by atoms with Gasteiger partial charge in [0.2, 0.25) is 0 Å². The molecule has 0 N–H and O–H groups in total. The standard InChI is InChI=1S/CH3FO2PS/c1-6(3,4)5-2/h1H3/q-1. The summed E-state index contributed by atoms with van der Waals surface area (Å²) in [6, 6.07) is 0. The predicted molar refractivity (Wildman–Crippen MR) is 22.9 cm³/mol. The van der Waals surface area contributed by atoms with Crippen molar-refractivity contribution in [2.75, 3.05) is 6.26 Å². The van der Waals surface area contributed by atoms with E-state index in [0.717, 1.165) is 6.26 Å². The minimum Gasteiger partial charge on any atom is -0.450 e. The second-order valence-corrected chi connectivity index (χ2v) is 4.81. The topological polar surface area (TPSA) is 34.1 Å². The molecule has 0 saturated carbocycles. The quantitative estimate of drug-likeness (QED) is 0.490. The van der Waals surface area contributed by atoms with Gasteiger partial charge in [-0.15, -0.1) is 0 Å². The van der Waals surface area contributed by atoms with E-state index in [9.17, 15) is 12.6 Å². The molecule has 0 aliphatic heterocycles. The van der Waals surface area contributed by atoms with Gasteiger partial charge in [-0.1, -0.05) is 0 Å². The summed E-state index contributed by atoms with van der Waals surface area (Å²) in [6.07, 6.45) is 0.828. The molecule has 0 radical (unpaired) electrons. The molecule has 0 aromatic rings. The molecule has 0 heterocycles. The molecular formula is CH3FO2PS-. The maximum Gasteiger partial charge on any atom is 0.0428 e. The van der Waals surface area contributed by atoms with Crippen molar-refractivity contribution in [1.29, 1.82) is 0 Å². The Labute approximate surface area is 37.3 Å². The molecule has 6 heavy (non-hydrogen) atoms. The zero-order chi connectivity index (χ0) is 5.21. The van der Waals surface area contributed by atoms with Crippen LogP contribution >= 0.6 is 8.09 Å². The summed E-state index contributed by atoms with van der Waals surface area (Å²) in [5, 5.41) is 0. The second-order valence-electron chi connectivity index (χ2n) is 0.802. The molecule has 0 aliphatic carbocycles. The van der Waals surface area contributed by atoms with Crippen LogP contribution in [0.1, 0.15) is 0 Å². The molecule has 0 atom stereocenters. The highest BCUT2D eigenvalue weighted by molar-refractivity contribution is 8.41. The molecule has 0 amide bonds. The molecule has 0 saturated heterocycles. The van der Waals surface area contributed by atoms with Gasteiger partial charge in [0.1, 0.15) is 0 Å². The van der Waals surface area contributed by atoms with Gasteiger partial charge in [0.15, 0.2) is 0 Å². The van der Waals surface area contributed by atoms with Crippen LogP contribution in [0.4, 0.5) is 4.20 Å². The Morgan fingerprint density at radius 2 is 1.83 bits per heavy atom. The highest BCUT2D eigenvalue weighted by Crippen LogP contribution is 2.17. The lowest BCUT2D eigenvalue weighted by Gasteiger charge is -1.96. The Hall–Kier alpha value is 0.310. The minimum absolute atomic E-state index is 0.828. The Balaban J connectivity index is 3.85. The average Bonchev–Trinajstić information content (AvgIpc) is 1.35. The first-order valence-electron chi connectivity index (χ1n) is 1.09. The van der Waals surface area contributed by atoms with E-state index in [2.05, 4.69) is 0 Å². The molecule has 0 aromatic heterocycles. The van der Waals surface area contributed by atoms with Crippen LogP contribution in [0.2, 0.25) is 0 Å². The van der Waals surface area contributed by atoms with Gasteiger partial charge in [0.05, 0.1) is 0 Å². The first-order chi connectivity index (χ1) is 2.56. The molecule has 0 spiro atoms. The maximum atomic E-state index is 10.9. The van der Waals surface area contributed by atoms with Crippen LogP contribution in [0, 0.1) is 0 Å². The fourth-order valence-electron chi connectivity index (χ4n) is 0. The third-order valence-electron chi connectivity index (χ3n) is 0.125. The van der Waals surface area contributed by atoms with Crippen molar-refractivity contribution in [2.24, 2.45) is 0 Å². The molecule has 0 fully saturated rings. The zero-order valence-electron chi connectivity index (χ0n) is 3.05. The monoisotopic (exact) mass is 129 g/mol. The lowest BCUT2D eigenvalue weighted by atomic mass is 12.0. The molecule has 0 unspecified atom stereocenters. The van der Waals surface area contributed by atoms with Gasteiger partial charge in [-0.3, -0.25) is 8.42 Å². The molecule has 0 aliphatic rings. The third-order valence-corrected chi connectivity index (χ3v) is 1.13. The summed E-state index contributed by atoms with van der Waals surface area (Å²) < 4.78 is 30.1. The Morgan fingerprint density at radius 3 is 1.83 bits per heavy atom. The van der Waals surface area contributed by atoms with Gasteiger partial charge in [-0.25, -0.2) is 0 Å². The summed E-state index contributed by atoms with van der Waals surface area (Å²) in [5.41, 5.74) is 0. The Bertz CT molecular complexity index is 116. The Morgan fingerprint density at radius 1 is 1.67 bits per heavy atom. The summed E-state index contributed by atoms with van der Waals surface area (Å²) in [5.74, 6) is 0. The van der Waals surface area contributed by atoms with Crippen LogP contribution in [0.25, 0.3) is 0 Å². The van der Waals surface area contributed by atoms with Crippen LogP contribution in [-0.2, 0) is 9.46 Å². The van der Waals surface area contributed by atoms with Crippen molar-refractivity contribution in [3.05, 3.63) is 0 Å². The summed E-state index contributed by atoms with van der Waals surface area (Å²) in [7, 11) is -4.41. The largest absolute Gasteiger partial charge is 0.450 e. The summed E-state index contributed by atoms with van der Waals surface area (Å²) >= 11 is 0. The fraction of sp³-hybridized carbons (Fsp3) is 1.00.